The first kappa shape index (κ1) is 36.1. The summed E-state index contributed by atoms with van der Waals surface area (Å²) in [5.41, 5.74) is 4.14. The van der Waals surface area contributed by atoms with E-state index in [9.17, 15) is 9.90 Å². The maximum atomic E-state index is 12.9. The monoisotopic (exact) mass is 622 g/mol. The van der Waals surface area contributed by atoms with Crippen LogP contribution in [0.25, 0.3) is 20.5 Å². The lowest BCUT2D eigenvalue weighted by atomic mass is 9.72. The van der Waals surface area contributed by atoms with Crippen LogP contribution in [0.5, 0.6) is 5.75 Å². The van der Waals surface area contributed by atoms with Crippen molar-refractivity contribution < 1.29 is 19.4 Å². The lowest BCUT2D eigenvalue weighted by Gasteiger charge is -2.33. The highest BCUT2D eigenvalue weighted by Gasteiger charge is 2.35. The second-order valence-corrected chi connectivity index (χ2v) is 15.9. The van der Waals surface area contributed by atoms with Gasteiger partial charge in [0.05, 0.1) is 19.1 Å². The van der Waals surface area contributed by atoms with Crippen LogP contribution in [0.4, 0.5) is 0 Å². The zero-order valence-corrected chi connectivity index (χ0v) is 29.6. The number of hydrogen-bond acceptors (Lipinski definition) is 5. The van der Waals surface area contributed by atoms with Crippen LogP contribution in [0.1, 0.15) is 111 Å². The van der Waals surface area contributed by atoms with Crippen molar-refractivity contribution in [1.82, 2.24) is 0 Å². The predicted octanol–water partition coefficient (Wildman–Crippen LogP) is 10.7. The zero-order valence-electron chi connectivity index (χ0n) is 28.8. The number of rotatable bonds is 17. The van der Waals surface area contributed by atoms with Gasteiger partial charge in [-0.2, -0.15) is 0 Å². The summed E-state index contributed by atoms with van der Waals surface area (Å²) in [7, 11) is 0. The van der Waals surface area contributed by atoms with E-state index < -0.39 is 0 Å². The number of hydrogen-bond donors (Lipinski definition) is 1. The third kappa shape index (κ3) is 11.2. The van der Waals surface area contributed by atoms with E-state index >= 15 is 0 Å². The zero-order chi connectivity index (χ0) is 32.3. The Morgan fingerprint density at radius 2 is 1.70 bits per heavy atom. The smallest absolute Gasteiger partial charge is 0.309 e. The molecule has 0 bridgehead atoms. The van der Waals surface area contributed by atoms with Crippen LogP contribution in [-0.2, 0) is 22.4 Å². The van der Waals surface area contributed by atoms with Crippen LogP contribution in [0, 0.1) is 22.7 Å². The first-order valence-electron chi connectivity index (χ1n) is 16.9. The molecule has 1 heterocycles. The fraction of sp³-hybridized carbons (Fsp3) is 0.615. The second-order valence-electron chi connectivity index (χ2n) is 14.8. The summed E-state index contributed by atoms with van der Waals surface area (Å²) in [6, 6.07) is 15.6. The van der Waals surface area contributed by atoms with Gasteiger partial charge in [-0.25, -0.2) is 0 Å². The van der Waals surface area contributed by atoms with Gasteiger partial charge in [-0.1, -0.05) is 86.4 Å². The molecule has 0 fully saturated rings. The molecule has 2 aromatic carbocycles. The Hall–Kier alpha value is -2.37. The molecule has 4 nitrogen and oxygen atoms in total. The summed E-state index contributed by atoms with van der Waals surface area (Å²) < 4.78 is 13.1. The summed E-state index contributed by atoms with van der Waals surface area (Å²) >= 11 is 1.82. The van der Waals surface area contributed by atoms with Gasteiger partial charge in [-0.3, -0.25) is 4.79 Å². The molecule has 0 aliphatic carbocycles. The molecule has 0 saturated carbocycles. The van der Waals surface area contributed by atoms with E-state index in [0.29, 0.717) is 13.2 Å². The number of aliphatic hydroxyl groups excluding tert-OH is 1. The van der Waals surface area contributed by atoms with Gasteiger partial charge in [0, 0.05) is 22.1 Å². The Morgan fingerprint density at radius 1 is 0.932 bits per heavy atom. The quantitative estimate of drug-likeness (QED) is 0.120. The fourth-order valence-electron chi connectivity index (χ4n) is 5.75. The van der Waals surface area contributed by atoms with Crippen molar-refractivity contribution in [1.29, 1.82) is 0 Å². The van der Waals surface area contributed by atoms with Gasteiger partial charge in [-0.15, -0.1) is 11.3 Å². The van der Waals surface area contributed by atoms with Crippen molar-refractivity contribution in [2.45, 2.75) is 113 Å². The van der Waals surface area contributed by atoms with Crippen molar-refractivity contribution in [2.24, 2.45) is 22.7 Å². The maximum absolute atomic E-state index is 12.9. The molecule has 0 spiro atoms. The highest BCUT2D eigenvalue weighted by molar-refractivity contribution is 7.22. The minimum Gasteiger partial charge on any atom is -0.493 e. The molecule has 0 aliphatic heterocycles. The Kier molecular flexibility index (Phi) is 13.8. The highest BCUT2D eigenvalue weighted by atomic mass is 32.1. The van der Waals surface area contributed by atoms with Gasteiger partial charge in [0.2, 0.25) is 0 Å². The van der Waals surface area contributed by atoms with Gasteiger partial charge in [-0.05, 0) is 102 Å². The molecule has 5 heteroatoms. The summed E-state index contributed by atoms with van der Waals surface area (Å²) in [6.07, 6.45) is 9.29. The molecule has 2 atom stereocenters. The Labute approximate surface area is 271 Å². The molecular formula is C39H58O4S. The molecule has 2 unspecified atom stereocenters. The number of aliphatic hydroxyl groups is 1. The van der Waals surface area contributed by atoms with E-state index in [4.69, 9.17) is 9.47 Å². The molecule has 0 amide bonds. The Morgan fingerprint density at radius 3 is 2.36 bits per heavy atom. The van der Waals surface area contributed by atoms with Crippen LogP contribution in [-0.4, -0.2) is 30.9 Å². The summed E-state index contributed by atoms with van der Waals surface area (Å²) in [6.45, 7) is 18.3. The standard InChI is InChI=1S/C39H58O4S/c1-9-11-12-15-28-17-20-33(30(10-2)22-28)36-23-31-18-19-32(24-35(31)44-36)43-27-29(26-40)16-13-14-21-42-37(41)34(39(6,7)8)25-38(3,4)5/h17-20,22-24,29,34,40H,9-16,21,25-27H2,1-8H3. The number of aryl methyl sites for hydroxylation is 2. The number of thiophene rings is 1. The largest absolute Gasteiger partial charge is 0.493 e. The van der Waals surface area contributed by atoms with Crippen molar-refractivity contribution in [2.75, 3.05) is 19.8 Å². The van der Waals surface area contributed by atoms with Crippen LogP contribution in [0.15, 0.2) is 42.5 Å². The average Bonchev–Trinajstić information content (AvgIpc) is 3.39. The fourth-order valence-corrected chi connectivity index (χ4v) is 6.91. The van der Waals surface area contributed by atoms with Gasteiger partial charge < -0.3 is 14.6 Å². The maximum Gasteiger partial charge on any atom is 0.309 e. The summed E-state index contributed by atoms with van der Waals surface area (Å²) in [5.74, 6) is 0.679. The highest BCUT2D eigenvalue weighted by Crippen LogP contribution is 2.38. The third-order valence-electron chi connectivity index (χ3n) is 8.52. The number of unbranched alkanes of at least 4 members (excludes halogenated alkanes) is 3. The number of fused-ring (bicyclic) bond motifs is 1. The first-order chi connectivity index (χ1) is 20.8. The molecule has 244 valence electrons. The molecule has 3 rings (SSSR count). The van der Waals surface area contributed by atoms with E-state index in [1.165, 1.54) is 50.9 Å². The predicted molar refractivity (Wildman–Crippen MR) is 188 cm³/mol. The van der Waals surface area contributed by atoms with Crippen LogP contribution in [0.2, 0.25) is 0 Å². The molecular weight excluding hydrogens is 564 g/mol. The topological polar surface area (TPSA) is 55.8 Å². The molecule has 0 saturated heterocycles. The van der Waals surface area contributed by atoms with Gasteiger partial charge >= 0.3 is 5.97 Å². The van der Waals surface area contributed by atoms with Crippen molar-refractivity contribution >= 4 is 27.4 Å². The Bertz CT molecular complexity index is 1310. The van der Waals surface area contributed by atoms with Gasteiger partial charge in [0.25, 0.3) is 0 Å². The van der Waals surface area contributed by atoms with E-state index in [0.717, 1.165) is 44.3 Å². The minimum absolute atomic E-state index is 0.0477. The van der Waals surface area contributed by atoms with Gasteiger partial charge in [0.15, 0.2) is 0 Å². The molecule has 1 N–H and O–H groups in total. The molecule has 0 aliphatic rings. The molecule has 0 radical (unpaired) electrons. The summed E-state index contributed by atoms with van der Waals surface area (Å²) in [4.78, 5) is 14.2. The van der Waals surface area contributed by atoms with Crippen LogP contribution < -0.4 is 4.74 Å². The van der Waals surface area contributed by atoms with E-state index in [-0.39, 0.29) is 35.2 Å². The normalized spacial score (nSPS) is 13.7. The van der Waals surface area contributed by atoms with Crippen LogP contribution in [0.3, 0.4) is 0 Å². The SMILES string of the molecule is CCCCCc1ccc(-c2cc3ccc(OCC(CO)CCCCOC(=O)C(CC(C)(C)C)C(C)(C)C)cc3s2)c(CC)c1. The van der Waals surface area contributed by atoms with Gasteiger partial charge in [0.1, 0.15) is 5.75 Å². The number of benzene rings is 2. The van der Waals surface area contributed by atoms with E-state index in [1.54, 1.807) is 0 Å². The Balaban J connectivity index is 1.51. The number of carbonyl (C=O) groups is 1. The molecule has 1 aromatic heterocycles. The average molecular weight is 623 g/mol. The molecule has 3 aromatic rings. The van der Waals surface area contributed by atoms with E-state index in [1.807, 2.05) is 17.4 Å². The second kappa shape index (κ2) is 16.8. The lowest BCUT2D eigenvalue weighted by molar-refractivity contribution is -0.154. The number of esters is 1. The number of carbonyl (C=O) groups excluding carboxylic acids is 1. The first-order valence-corrected chi connectivity index (χ1v) is 17.7. The molecule has 44 heavy (non-hydrogen) atoms. The van der Waals surface area contributed by atoms with E-state index in [2.05, 4.69) is 91.8 Å². The number of ether oxygens (including phenoxy) is 2. The minimum atomic E-state index is -0.130. The van der Waals surface area contributed by atoms with Crippen molar-refractivity contribution in [3.63, 3.8) is 0 Å². The summed E-state index contributed by atoms with van der Waals surface area (Å²) in [5, 5.41) is 11.2. The van der Waals surface area contributed by atoms with Crippen molar-refractivity contribution in [3.05, 3.63) is 53.6 Å². The lowest BCUT2D eigenvalue weighted by Crippen LogP contribution is -2.33. The van der Waals surface area contributed by atoms with Crippen LogP contribution >= 0.6 is 11.3 Å². The third-order valence-corrected chi connectivity index (χ3v) is 9.65. The van der Waals surface area contributed by atoms with Crippen molar-refractivity contribution in [3.8, 4) is 16.2 Å².